The van der Waals surface area contributed by atoms with E-state index >= 15 is 0 Å². The Morgan fingerprint density at radius 3 is 2.48 bits per heavy atom. The number of fused-ring (bicyclic) bond motifs is 1. The summed E-state index contributed by atoms with van der Waals surface area (Å²) in [5.74, 6) is -0.703. The molecule has 0 aromatic heterocycles. The molecule has 2 aromatic rings. The molecule has 0 atom stereocenters. The fraction of sp³-hybridized carbons (Fsp3) is 0.263. The van der Waals surface area contributed by atoms with Crippen LogP contribution in [-0.4, -0.2) is 23.3 Å². The molecule has 6 heteroatoms. The quantitative estimate of drug-likeness (QED) is 0.829. The number of carbonyl (C=O) groups excluding carboxylic acids is 2. The van der Waals surface area contributed by atoms with Gasteiger partial charge in [0.05, 0.1) is 17.2 Å². The van der Waals surface area contributed by atoms with Crippen molar-refractivity contribution in [3.8, 4) is 0 Å². The largest absolute Gasteiger partial charge is 0.325 e. The Morgan fingerprint density at radius 1 is 0.960 bits per heavy atom. The Balaban J connectivity index is 1.42. The summed E-state index contributed by atoms with van der Waals surface area (Å²) in [6, 6.07) is 12.0. The normalized spacial score (nSPS) is 12.5. The number of nitrogens with one attached hydrogen (secondary N) is 2. The molecular formula is C19H19FN2O2S. The maximum Gasteiger partial charge on any atom is 0.234 e. The molecule has 4 nitrogen and oxygen atoms in total. The molecule has 1 aliphatic carbocycles. The van der Waals surface area contributed by atoms with Crippen LogP contribution in [0.3, 0.4) is 0 Å². The van der Waals surface area contributed by atoms with Crippen molar-refractivity contribution in [1.82, 2.24) is 0 Å². The summed E-state index contributed by atoms with van der Waals surface area (Å²) in [6.07, 6.45) is 3.33. The Morgan fingerprint density at radius 2 is 1.68 bits per heavy atom. The lowest BCUT2D eigenvalue weighted by Gasteiger charge is -2.08. The summed E-state index contributed by atoms with van der Waals surface area (Å²) in [7, 11) is 0. The van der Waals surface area contributed by atoms with Crippen molar-refractivity contribution >= 4 is 35.0 Å². The predicted octanol–water partition coefficient (Wildman–Crippen LogP) is 3.62. The van der Waals surface area contributed by atoms with Gasteiger partial charge in [-0.15, -0.1) is 11.8 Å². The molecule has 0 saturated carbocycles. The van der Waals surface area contributed by atoms with Gasteiger partial charge in [-0.1, -0.05) is 18.2 Å². The first kappa shape index (κ1) is 17.5. The van der Waals surface area contributed by atoms with E-state index in [9.17, 15) is 14.0 Å². The van der Waals surface area contributed by atoms with Crippen molar-refractivity contribution in [1.29, 1.82) is 0 Å². The molecule has 3 rings (SSSR count). The monoisotopic (exact) mass is 358 g/mol. The van der Waals surface area contributed by atoms with Crippen molar-refractivity contribution in [3.05, 3.63) is 59.4 Å². The number of hydrogen-bond acceptors (Lipinski definition) is 3. The number of benzene rings is 2. The molecular weight excluding hydrogens is 339 g/mol. The molecule has 2 amide bonds. The van der Waals surface area contributed by atoms with Crippen LogP contribution in [0.15, 0.2) is 42.5 Å². The van der Waals surface area contributed by atoms with E-state index in [1.54, 1.807) is 12.1 Å². The number of hydrogen-bond donors (Lipinski definition) is 2. The minimum absolute atomic E-state index is 0.0892. The Bertz CT molecular complexity index is 795. The van der Waals surface area contributed by atoms with E-state index in [0.29, 0.717) is 0 Å². The van der Waals surface area contributed by atoms with Gasteiger partial charge < -0.3 is 10.6 Å². The van der Waals surface area contributed by atoms with Crippen LogP contribution in [0.4, 0.5) is 15.8 Å². The molecule has 2 aromatic carbocycles. The van der Waals surface area contributed by atoms with Gasteiger partial charge >= 0.3 is 0 Å². The Hall–Kier alpha value is -2.34. The van der Waals surface area contributed by atoms with Gasteiger partial charge in [-0.25, -0.2) is 4.39 Å². The number of halogens is 1. The molecule has 1 aliphatic rings. The van der Waals surface area contributed by atoms with Crippen LogP contribution in [0, 0.1) is 5.82 Å². The first-order valence-corrected chi connectivity index (χ1v) is 9.31. The molecule has 130 valence electrons. The van der Waals surface area contributed by atoms with E-state index in [2.05, 4.69) is 16.7 Å². The van der Waals surface area contributed by atoms with Crippen LogP contribution in [0.25, 0.3) is 0 Å². The number of anilines is 2. The fourth-order valence-electron chi connectivity index (χ4n) is 2.83. The van der Waals surface area contributed by atoms with E-state index in [1.807, 2.05) is 12.1 Å². The van der Waals surface area contributed by atoms with E-state index in [1.165, 1.54) is 41.4 Å². The second-order valence-electron chi connectivity index (χ2n) is 5.91. The van der Waals surface area contributed by atoms with E-state index in [-0.39, 0.29) is 29.0 Å². The molecule has 0 bridgehead atoms. The lowest BCUT2D eigenvalue weighted by Crippen LogP contribution is -2.19. The first-order chi connectivity index (χ1) is 12.1. The van der Waals surface area contributed by atoms with Gasteiger partial charge in [0.25, 0.3) is 0 Å². The Kier molecular flexibility index (Phi) is 5.71. The molecule has 0 spiro atoms. The van der Waals surface area contributed by atoms with Crippen LogP contribution < -0.4 is 10.6 Å². The van der Waals surface area contributed by atoms with E-state index < -0.39 is 5.82 Å². The number of rotatable bonds is 6. The number of amides is 2. The van der Waals surface area contributed by atoms with Crippen molar-refractivity contribution in [2.24, 2.45) is 0 Å². The zero-order valence-corrected chi connectivity index (χ0v) is 14.5. The van der Waals surface area contributed by atoms with Gasteiger partial charge in [0.1, 0.15) is 5.82 Å². The highest BCUT2D eigenvalue weighted by atomic mass is 32.2. The zero-order chi connectivity index (χ0) is 17.6. The average Bonchev–Trinajstić information content (AvgIpc) is 3.04. The second-order valence-corrected chi connectivity index (χ2v) is 6.89. The molecule has 25 heavy (non-hydrogen) atoms. The summed E-state index contributed by atoms with van der Waals surface area (Å²) in [5.41, 5.74) is 3.60. The topological polar surface area (TPSA) is 58.2 Å². The van der Waals surface area contributed by atoms with Crippen LogP contribution in [0.5, 0.6) is 0 Å². The van der Waals surface area contributed by atoms with E-state index in [0.717, 1.165) is 18.5 Å². The summed E-state index contributed by atoms with van der Waals surface area (Å²) in [5, 5.41) is 5.35. The van der Waals surface area contributed by atoms with Gasteiger partial charge in [0.2, 0.25) is 11.8 Å². The first-order valence-electron chi connectivity index (χ1n) is 8.15. The molecule has 0 fully saturated rings. The second kappa shape index (κ2) is 8.16. The predicted molar refractivity (Wildman–Crippen MR) is 99.5 cm³/mol. The molecule has 0 aliphatic heterocycles. The number of para-hydroxylation sites is 1. The minimum atomic E-state index is -0.477. The molecule has 0 unspecified atom stereocenters. The van der Waals surface area contributed by atoms with Crippen molar-refractivity contribution in [2.45, 2.75) is 19.3 Å². The molecule has 0 radical (unpaired) electrons. The standard InChI is InChI=1S/C19H19FN2O2S/c20-16-6-1-2-7-17(16)22-19(24)12-25-11-18(23)21-15-9-8-13-4-3-5-14(13)10-15/h1-2,6-10H,3-5,11-12H2,(H,21,23)(H,22,24). The maximum absolute atomic E-state index is 13.5. The van der Waals surface area contributed by atoms with Crippen molar-refractivity contribution in [2.75, 3.05) is 22.1 Å². The third-order valence-corrected chi connectivity index (χ3v) is 4.93. The minimum Gasteiger partial charge on any atom is -0.325 e. The van der Waals surface area contributed by atoms with Crippen molar-refractivity contribution < 1.29 is 14.0 Å². The molecule has 2 N–H and O–H groups in total. The van der Waals surface area contributed by atoms with Gasteiger partial charge in [0.15, 0.2) is 0 Å². The zero-order valence-electron chi connectivity index (χ0n) is 13.7. The summed E-state index contributed by atoms with van der Waals surface area (Å²) >= 11 is 1.19. The third-order valence-electron chi connectivity index (χ3n) is 4.00. The highest BCUT2D eigenvalue weighted by Crippen LogP contribution is 2.25. The molecule has 0 heterocycles. The smallest absolute Gasteiger partial charge is 0.234 e. The maximum atomic E-state index is 13.5. The number of thioether (sulfide) groups is 1. The number of aryl methyl sites for hydroxylation is 2. The third kappa shape index (κ3) is 4.82. The number of carbonyl (C=O) groups is 2. The van der Waals surface area contributed by atoms with Gasteiger partial charge in [0, 0.05) is 5.69 Å². The molecule has 0 saturated heterocycles. The van der Waals surface area contributed by atoms with Crippen molar-refractivity contribution in [3.63, 3.8) is 0 Å². The fourth-order valence-corrected chi connectivity index (χ4v) is 3.45. The van der Waals surface area contributed by atoms with E-state index in [4.69, 9.17) is 0 Å². The van der Waals surface area contributed by atoms with Crippen LogP contribution >= 0.6 is 11.8 Å². The lowest BCUT2D eigenvalue weighted by atomic mass is 10.1. The van der Waals surface area contributed by atoms with Crippen LogP contribution in [0.1, 0.15) is 17.5 Å². The van der Waals surface area contributed by atoms with Crippen LogP contribution in [0.2, 0.25) is 0 Å². The van der Waals surface area contributed by atoms with Crippen LogP contribution in [-0.2, 0) is 22.4 Å². The average molecular weight is 358 g/mol. The van der Waals surface area contributed by atoms with Gasteiger partial charge in [-0.05, 0) is 54.7 Å². The summed E-state index contributed by atoms with van der Waals surface area (Å²) in [6.45, 7) is 0. The highest BCUT2D eigenvalue weighted by Gasteiger charge is 2.12. The summed E-state index contributed by atoms with van der Waals surface area (Å²) < 4.78 is 13.5. The van der Waals surface area contributed by atoms with Gasteiger partial charge in [-0.2, -0.15) is 0 Å². The highest BCUT2D eigenvalue weighted by molar-refractivity contribution is 8.00. The summed E-state index contributed by atoms with van der Waals surface area (Å²) in [4.78, 5) is 23.8. The SMILES string of the molecule is O=C(CSCC(=O)Nc1ccccc1F)Nc1ccc2c(c1)CCC2. The Labute approximate surface area is 150 Å². The van der Waals surface area contributed by atoms with Gasteiger partial charge in [-0.3, -0.25) is 9.59 Å². The lowest BCUT2D eigenvalue weighted by molar-refractivity contribution is -0.114.